The van der Waals surface area contributed by atoms with Crippen LogP contribution in [0.4, 0.5) is 0 Å². The molecular weight excluding hydrogens is 474 g/mol. The van der Waals surface area contributed by atoms with Crippen molar-refractivity contribution in [2.45, 2.75) is 31.7 Å². The number of nitrogens with zero attached hydrogens (tertiary/aromatic N) is 4. The van der Waals surface area contributed by atoms with E-state index in [9.17, 15) is 4.79 Å². The van der Waals surface area contributed by atoms with Gasteiger partial charge in [-0.05, 0) is 36.6 Å². The molecule has 9 heteroatoms. The molecule has 4 aromatic rings. The molecule has 0 unspecified atom stereocenters. The third kappa shape index (κ3) is 5.46. The highest BCUT2D eigenvalue weighted by Crippen LogP contribution is 2.34. The summed E-state index contributed by atoms with van der Waals surface area (Å²) in [6, 6.07) is 15.7. The van der Waals surface area contributed by atoms with E-state index in [4.69, 9.17) is 11.6 Å². The monoisotopic (exact) mass is 497 g/mol. The number of nitrogens with one attached hydrogen (secondary N) is 1. The Labute approximate surface area is 206 Å². The quantitative estimate of drug-likeness (QED) is 0.301. The molecule has 33 heavy (non-hydrogen) atoms. The minimum Gasteiger partial charge on any atom is -0.350 e. The van der Waals surface area contributed by atoms with E-state index in [-0.39, 0.29) is 5.91 Å². The number of rotatable bonds is 8. The van der Waals surface area contributed by atoms with Crippen LogP contribution in [0.2, 0.25) is 5.02 Å². The molecule has 0 aliphatic rings. The van der Waals surface area contributed by atoms with Crippen molar-refractivity contribution in [2.24, 2.45) is 5.92 Å². The number of carbonyl (C=O) groups is 1. The summed E-state index contributed by atoms with van der Waals surface area (Å²) in [6.07, 6.45) is 0. The lowest BCUT2D eigenvalue weighted by Crippen LogP contribution is -2.27. The third-order valence-electron chi connectivity index (χ3n) is 4.88. The van der Waals surface area contributed by atoms with Crippen molar-refractivity contribution in [1.29, 1.82) is 0 Å². The van der Waals surface area contributed by atoms with E-state index in [0.717, 1.165) is 27.0 Å². The number of carbonyl (C=O) groups excluding carboxylic acids is 1. The fourth-order valence-corrected chi connectivity index (χ4v) is 5.16. The number of thiazole rings is 1. The Hall–Kier alpha value is -2.68. The van der Waals surface area contributed by atoms with Crippen LogP contribution in [0.15, 0.2) is 59.1 Å². The normalized spacial score (nSPS) is 11.2. The standard InChI is InChI=1S/C24H24ClN5OS2/c1-15(2)12-26-23(31)19-13-32-21(27-19)14-33-24-29-28-22(17-9-5-6-10-18(17)25)30(24)20-11-7-4-8-16(20)3/h4-11,13,15H,12,14H2,1-3H3,(H,26,31). The molecule has 1 amide bonds. The molecule has 0 aliphatic carbocycles. The smallest absolute Gasteiger partial charge is 0.270 e. The van der Waals surface area contributed by atoms with Crippen molar-refractivity contribution >= 4 is 40.6 Å². The van der Waals surface area contributed by atoms with Gasteiger partial charge in [-0.2, -0.15) is 0 Å². The van der Waals surface area contributed by atoms with Crippen LogP contribution < -0.4 is 5.32 Å². The molecule has 6 nitrogen and oxygen atoms in total. The van der Waals surface area contributed by atoms with Gasteiger partial charge in [0.25, 0.3) is 5.91 Å². The molecule has 0 saturated carbocycles. The van der Waals surface area contributed by atoms with Gasteiger partial charge in [0.15, 0.2) is 11.0 Å². The van der Waals surface area contributed by atoms with E-state index < -0.39 is 0 Å². The van der Waals surface area contributed by atoms with Gasteiger partial charge in [0.05, 0.1) is 16.5 Å². The molecule has 1 N–H and O–H groups in total. The summed E-state index contributed by atoms with van der Waals surface area (Å²) in [6.45, 7) is 6.81. The SMILES string of the molecule is Cc1ccccc1-n1c(SCc2nc(C(=O)NCC(C)C)cs2)nnc1-c1ccccc1Cl. The number of para-hydroxylation sites is 1. The van der Waals surface area contributed by atoms with Gasteiger partial charge in [-0.1, -0.05) is 67.5 Å². The van der Waals surface area contributed by atoms with Gasteiger partial charge in [-0.25, -0.2) is 4.98 Å². The van der Waals surface area contributed by atoms with Gasteiger partial charge in [0.1, 0.15) is 10.7 Å². The predicted molar refractivity (Wildman–Crippen MR) is 135 cm³/mol. The van der Waals surface area contributed by atoms with Crippen molar-refractivity contribution in [3.8, 4) is 17.1 Å². The zero-order chi connectivity index (χ0) is 23.4. The Morgan fingerprint density at radius 1 is 1.15 bits per heavy atom. The summed E-state index contributed by atoms with van der Waals surface area (Å²) in [7, 11) is 0. The maximum atomic E-state index is 12.3. The number of aromatic nitrogens is 4. The molecule has 170 valence electrons. The van der Waals surface area contributed by atoms with Crippen LogP contribution in [0.3, 0.4) is 0 Å². The average Bonchev–Trinajstić information content (AvgIpc) is 3.44. The van der Waals surface area contributed by atoms with Crippen molar-refractivity contribution in [3.63, 3.8) is 0 Å². The lowest BCUT2D eigenvalue weighted by atomic mass is 10.1. The van der Waals surface area contributed by atoms with Gasteiger partial charge in [0.2, 0.25) is 0 Å². The van der Waals surface area contributed by atoms with E-state index in [0.29, 0.717) is 34.8 Å². The van der Waals surface area contributed by atoms with Gasteiger partial charge in [0, 0.05) is 17.5 Å². The first-order valence-electron chi connectivity index (χ1n) is 10.6. The number of benzene rings is 2. The average molecular weight is 498 g/mol. The van der Waals surface area contributed by atoms with E-state index in [1.165, 1.54) is 23.1 Å². The minimum atomic E-state index is -0.139. The summed E-state index contributed by atoms with van der Waals surface area (Å²) >= 11 is 9.48. The third-order valence-corrected chi connectivity index (χ3v) is 7.19. The van der Waals surface area contributed by atoms with Crippen molar-refractivity contribution in [1.82, 2.24) is 25.1 Å². The Morgan fingerprint density at radius 3 is 2.67 bits per heavy atom. The Balaban J connectivity index is 1.61. The zero-order valence-electron chi connectivity index (χ0n) is 18.6. The Morgan fingerprint density at radius 2 is 1.91 bits per heavy atom. The molecule has 0 saturated heterocycles. The molecule has 2 aromatic heterocycles. The molecule has 0 atom stereocenters. The number of hydrogen-bond donors (Lipinski definition) is 1. The molecule has 0 aliphatic heterocycles. The molecule has 2 heterocycles. The Kier molecular flexibility index (Phi) is 7.47. The maximum absolute atomic E-state index is 12.3. The first-order valence-corrected chi connectivity index (χ1v) is 12.8. The highest BCUT2D eigenvalue weighted by Gasteiger charge is 2.20. The maximum Gasteiger partial charge on any atom is 0.270 e. The first-order chi connectivity index (χ1) is 15.9. The fourth-order valence-electron chi connectivity index (χ4n) is 3.21. The lowest BCUT2D eigenvalue weighted by Gasteiger charge is -2.13. The molecule has 0 fully saturated rings. The highest BCUT2D eigenvalue weighted by atomic mass is 35.5. The zero-order valence-corrected chi connectivity index (χ0v) is 21.0. The van der Waals surface area contributed by atoms with Crippen LogP contribution in [-0.4, -0.2) is 32.2 Å². The summed E-state index contributed by atoms with van der Waals surface area (Å²) < 4.78 is 2.03. The van der Waals surface area contributed by atoms with E-state index >= 15 is 0 Å². The molecule has 0 bridgehead atoms. The van der Waals surface area contributed by atoms with E-state index in [1.54, 1.807) is 5.38 Å². The minimum absolute atomic E-state index is 0.139. The Bertz CT molecular complexity index is 1270. The number of halogens is 1. The van der Waals surface area contributed by atoms with Crippen LogP contribution in [-0.2, 0) is 5.75 Å². The van der Waals surface area contributed by atoms with Gasteiger partial charge < -0.3 is 5.32 Å². The van der Waals surface area contributed by atoms with Crippen molar-refractivity contribution in [2.75, 3.05) is 6.54 Å². The van der Waals surface area contributed by atoms with Gasteiger partial charge in [-0.15, -0.1) is 21.5 Å². The van der Waals surface area contributed by atoms with Gasteiger partial charge in [-0.3, -0.25) is 9.36 Å². The van der Waals surface area contributed by atoms with E-state index in [1.807, 2.05) is 47.0 Å². The molecule has 4 rings (SSSR count). The van der Waals surface area contributed by atoms with Crippen LogP contribution in [0.1, 0.15) is 34.9 Å². The predicted octanol–water partition coefficient (Wildman–Crippen LogP) is 6.03. The second kappa shape index (κ2) is 10.5. The first kappa shape index (κ1) is 23.5. The number of hydrogen-bond acceptors (Lipinski definition) is 6. The molecule has 0 spiro atoms. The van der Waals surface area contributed by atoms with Crippen molar-refractivity contribution < 1.29 is 4.79 Å². The second-order valence-electron chi connectivity index (χ2n) is 7.93. The summed E-state index contributed by atoms with van der Waals surface area (Å²) in [5, 5.41) is 15.9. The number of thioether (sulfide) groups is 1. The second-order valence-corrected chi connectivity index (χ2v) is 10.2. The molecule has 0 radical (unpaired) electrons. The summed E-state index contributed by atoms with van der Waals surface area (Å²) in [5.74, 6) is 1.52. The van der Waals surface area contributed by atoms with Crippen LogP contribution in [0.5, 0.6) is 0 Å². The molecular formula is C24H24ClN5OS2. The lowest BCUT2D eigenvalue weighted by molar-refractivity contribution is 0.0944. The van der Waals surface area contributed by atoms with Crippen molar-refractivity contribution in [3.05, 3.63) is 75.2 Å². The van der Waals surface area contributed by atoms with Crippen LogP contribution >= 0.6 is 34.7 Å². The topological polar surface area (TPSA) is 72.7 Å². The largest absolute Gasteiger partial charge is 0.350 e. The van der Waals surface area contributed by atoms with Crippen LogP contribution in [0.25, 0.3) is 17.1 Å². The fraction of sp³-hybridized carbons (Fsp3) is 0.250. The summed E-state index contributed by atoms with van der Waals surface area (Å²) in [4.78, 5) is 16.8. The molecule has 2 aromatic carbocycles. The summed E-state index contributed by atoms with van der Waals surface area (Å²) in [5.41, 5.74) is 3.37. The highest BCUT2D eigenvalue weighted by molar-refractivity contribution is 7.98. The number of amides is 1. The van der Waals surface area contributed by atoms with E-state index in [2.05, 4.69) is 47.3 Å². The van der Waals surface area contributed by atoms with Crippen LogP contribution in [0, 0.1) is 12.8 Å². The van der Waals surface area contributed by atoms with Gasteiger partial charge >= 0.3 is 0 Å². The number of aryl methyl sites for hydroxylation is 1.